The summed E-state index contributed by atoms with van der Waals surface area (Å²) in [7, 11) is 2.25. The Bertz CT molecular complexity index is 4140. The number of hydrogen-bond donors (Lipinski definition) is 0. The minimum atomic E-state index is -0.328. The molecule has 76 heavy (non-hydrogen) atoms. The highest BCUT2D eigenvalue weighted by Crippen LogP contribution is 2.54. The first-order chi connectivity index (χ1) is 37.1. The summed E-state index contributed by atoms with van der Waals surface area (Å²) in [6.07, 6.45) is 0. The summed E-state index contributed by atoms with van der Waals surface area (Å²) in [5.41, 5.74) is 26.7. The molecular weight excluding hydrogens is 926 g/mol. The highest BCUT2D eigenvalue weighted by atomic mass is 16.3. The second-order valence-electron chi connectivity index (χ2n) is 21.1. The van der Waals surface area contributed by atoms with Crippen molar-refractivity contribution in [3.05, 3.63) is 246 Å². The van der Waals surface area contributed by atoms with Crippen LogP contribution in [-0.4, -0.2) is 11.3 Å². The van der Waals surface area contributed by atoms with Gasteiger partial charge in [-0.3, -0.25) is 0 Å². The molecule has 0 N–H and O–H groups in total. The predicted octanol–water partition coefficient (Wildman–Crippen LogP) is 17.0. The van der Waals surface area contributed by atoms with Crippen molar-refractivity contribution in [3.8, 4) is 0 Å². The number of fused-ring (bicyclic) bond motifs is 10. The quantitative estimate of drug-likeness (QED) is 0.142. The molecule has 2 aromatic heterocycles. The Balaban J connectivity index is 1.18. The van der Waals surface area contributed by atoms with Gasteiger partial charge in [0.1, 0.15) is 5.58 Å². The van der Waals surface area contributed by atoms with Crippen LogP contribution in [0.4, 0.5) is 68.2 Å². The maximum Gasteiger partial charge on any atom is 0.297 e. The fourth-order valence-electron chi connectivity index (χ4n) is 12.1. The van der Waals surface area contributed by atoms with Crippen LogP contribution in [-0.2, 0) is 7.05 Å². The smallest absolute Gasteiger partial charge is 0.297 e. The zero-order valence-electron chi connectivity index (χ0n) is 43.9. The summed E-state index contributed by atoms with van der Waals surface area (Å²) in [4.78, 5) is 9.97. The molecule has 0 unspecified atom stereocenters. The van der Waals surface area contributed by atoms with Gasteiger partial charge in [-0.25, -0.2) is 0 Å². The molecule has 0 aliphatic carbocycles. The number of benzene rings is 10. The molecule has 0 bridgehead atoms. The molecule has 0 amide bonds. The number of aryl methyl sites for hydroxylation is 7. The molecule has 0 fully saturated rings. The van der Waals surface area contributed by atoms with Crippen LogP contribution < -0.4 is 36.2 Å². The van der Waals surface area contributed by atoms with Crippen LogP contribution in [0.3, 0.4) is 0 Å². The van der Waals surface area contributed by atoms with Gasteiger partial charge in [0.15, 0.2) is 0 Å². The van der Waals surface area contributed by atoms with Crippen molar-refractivity contribution in [2.75, 3.05) is 19.6 Å². The third-order valence-corrected chi connectivity index (χ3v) is 15.9. The zero-order valence-corrected chi connectivity index (χ0v) is 43.9. The van der Waals surface area contributed by atoms with Crippen LogP contribution in [0.5, 0.6) is 0 Å². The van der Waals surface area contributed by atoms with Crippen molar-refractivity contribution in [1.82, 2.24) is 4.57 Å². The van der Waals surface area contributed by atoms with Gasteiger partial charge in [0.2, 0.25) is 0 Å². The molecule has 0 atom stereocenters. The van der Waals surface area contributed by atoms with E-state index < -0.39 is 0 Å². The molecule has 0 saturated carbocycles. The fraction of sp³-hybridized carbons (Fsp3) is 0.101. The van der Waals surface area contributed by atoms with E-state index in [-0.39, 0.29) is 6.71 Å². The standard InChI is InChI=1S/C69H56BN5O/c1-43-16-28-49(29-17-43)72(50-30-18-44(2)19-31-50)55-40-61-65-62(41-55)75(54-38-26-48(6)27-39-54)67-58(70(65)69-66(57-13-9-11-15-63(57)76-69)74(61)53-36-24-47(5)25-37-53)42-60(64-56-12-8-10-14-59(56)71(7)68(64)67)73(51-32-20-45(3)21-33-51)52-34-22-46(4)23-35-52/h8-42H,1-7H3. The lowest BCUT2D eigenvalue weighted by molar-refractivity contribution is 0.651. The van der Waals surface area contributed by atoms with Gasteiger partial charge in [-0.15, -0.1) is 0 Å². The largest absolute Gasteiger partial charge is 0.468 e. The topological polar surface area (TPSA) is 31.0 Å². The van der Waals surface area contributed by atoms with Crippen LogP contribution in [0.2, 0.25) is 0 Å². The van der Waals surface area contributed by atoms with E-state index in [0.717, 1.165) is 101 Å². The van der Waals surface area contributed by atoms with Crippen molar-refractivity contribution in [3.63, 3.8) is 0 Å². The van der Waals surface area contributed by atoms with Crippen molar-refractivity contribution < 1.29 is 4.42 Å². The normalized spacial score (nSPS) is 12.6. The summed E-state index contributed by atoms with van der Waals surface area (Å²) in [6, 6.07) is 78.9. The van der Waals surface area contributed by atoms with Gasteiger partial charge in [0.05, 0.1) is 33.9 Å². The molecule has 7 heteroatoms. The minimum absolute atomic E-state index is 0.328. The maximum absolute atomic E-state index is 7.47. The van der Waals surface area contributed by atoms with E-state index in [1.807, 2.05) is 0 Å². The Morgan fingerprint density at radius 3 is 1.33 bits per heavy atom. The van der Waals surface area contributed by atoms with Crippen molar-refractivity contribution in [2.45, 2.75) is 41.5 Å². The Morgan fingerprint density at radius 2 is 0.829 bits per heavy atom. The van der Waals surface area contributed by atoms with E-state index in [1.165, 1.54) is 49.6 Å². The molecule has 12 aromatic rings. The SMILES string of the molecule is Cc1ccc(N(c2ccc(C)cc2)c2cc3c4c(c2)N(c2ccc(C)cc2)c2c(cc(N(c5ccc(C)cc5)c5ccc(C)cc5)c5c6ccccc6n(C)c25)B4c2oc4ccccc4c2N3c2ccc(C)cc2)cc1. The molecule has 14 rings (SSSR count). The Morgan fingerprint density at radius 1 is 0.408 bits per heavy atom. The van der Waals surface area contributed by atoms with Gasteiger partial charge >= 0.3 is 0 Å². The molecule has 0 saturated heterocycles. The number of nitrogens with zero attached hydrogens (tertiary/aromatic N) is 5. The molecule has 0 radical (unpaired) electrons. The number of hydrogen-bond acceptors (Lipinski definition) is 5. The highest BCUT2D eigenvalue weighted by molar-refractivity contribution is 7.00. The van der Waals surface area contributed by atoms with Crippen molar-refractivity contribution in [1.29, 1.82) is 0 Å². The molecular formula is C69H56BN5O. The van der Waals surface area contributed by atoms with Gasteiger partial charge in [-0.05, 0) is 162 Å². The maximum atomic E-state index is 7.47. The summed E-state index contributed by atoms with van der Waals surface area (Å²) in [6.45, 7) is 12.7. The monoisotopic (exact) mass is 981 g/mol. The van der Waals surface area contributed by atoms with Gasteiger partial charge in [-0.1, -0.05) is 137 Å². The molecule has 366 valence electrons. The van der Waals surface area contributed by atoms with Crippen LogP contribution in [0.25, 0.3) is 32.8 Å². The number of aromatic nitrogens is 1. The van der Waals surface area contributed by atoms with Gasteiger partial charge in [-0.2, -0.15) is 0 Å². The molecule has 4 heterocycles. The lowest BCUT2D eigenvalue weighted by Gasteiger charge is -2.44. The molecule has 10 aromatic carbocycles. The predicted molar refractivity (Wildman–Crippen MR) is 322 cm³/mol. The lowest BCUT2D eigenvalue weighted by Crippen LogP contribution is -2.61. The average Bonchev–Trinajstić information content (AvgIpc) is 4.15. The third kappa shape index (κ3) is 7.10. The van der Waals surface area contributed by atoms with E-state index in [1.54, 1.807) is 0 Å². The van der Waals surface area contributed by atoms with Crippen LogP contribution >= 0.6 is 0 Å². The Kier molecular flexibility index (Phi) is 10.4. The molecule has 6 nitrogen and oxygen atoms in total. The second-order valence-corrected chi connectivity index (χ2v) is 21.1. The van der Waals surface area contributed by atoms with Crippen molar-refractivity contribution in [2.24, 2.45) is 7.05 Å². The van der Waals surface area contributed by atoms with E-state index in [0.29, 0.717) is 0 Å². The van der Waals surface area contributed by atoms with Gasteiger partial charge in [0.25, 0.3) is 6.71 Å². The molecule has 2 aliphatic rings. The first kappa shape index (κ1) is 45.4. The number of anilines is 12. The van der Waals surface area contributed by atoms with Gasteiger partial charge in [0, 0.05) is 74.2 Å². The minimum Gasteiger partial charge on any atom is -0.468 e. The van der Waals surface area contributed by atoms with Gasteiger partial charge < -0.3 is 28.6 Å². The zero-order chi connectivity index (χ0) is 51.5. The van der Waals surface area contributed by atoms with Crippen molar-refractivity contribution >= 4 is 124 Å². The summed E-state index contributed by atoms with van der Waals surface area (Å²) in [5, 5.41) is 3.44. The molecule has 2 aliphatic heterocycles. The van der Waals surface area contributed by atoms with E-state index in [4.69, 9.17) is 4.42 Å². The summed E-state index contributed by atoms with van der Waals surface area (Å²) in [5.74, 6) is 0. The van der Waals surface area contributed by atoms with E-state index in [9.17, 15) is 0 Å². The third-order valence-electron chi connectivity index (χ3n) is 15.9. The van der Waals surface area contributed by atoms with Crippen LogP contribution in [0.15, 0.2) is 217 Å². The van der Waals surface area contributed by atoms with E-state index in [2.05, 4.69) is 285 Å². The first-order valence-electron chi connectivity index (χ1n) is 26.4. The molecule has 0 spiro atoms. The average molecular weight is 982 g/mol. The number of furan rings is 1. The number of rotatable bonds is 8. The van der Waals surface area contributed by atoms with Crippen LogP contribution in [0.1, 0.15) is 33.4 Å². The highest BCUT2D eigenvalue weighted by Gasteiger charge is 2.49. The second kappa shape index (κ2) is 17.5. The Hall–Kier alpha value is -9.20. The summed E-state index contributed by atoms with van der Waals surface area (Å²) >= 11 is 0. The van der Waals surface area contributed by atoms with E-state index >= 15 is 0 Å². The Labute approximate surface area is 445 Å². The summed E-state index contributed by atoms with van der Waals surface area (Å²) < 4.78 is 9.92. The fourth-order valence-corrected chi connectivity index (χ4v) is 12.1. The lowest BCUT2D eigenvalue weighted by atomic mass is 9.35. The first-order valence-corrected chi connectivity index (χ1v) is 26.4. The van der Waals surface area contributed by atoms with Crippen LogP contribution in [0, 0.1) is 41.5 Å². The number of para-hydroxylation sites is 2.